The van der Waals surface area contributed by atoms with E-state index < -0.39 is 5.91 Å². The number of nitrogens with two attached hydrogens (primary N) is 1. The Morgan fingerprint density at radius 3 is 2.53 bits per heavy atom. The molecule has 1 aliphatic carbocycles. The molecule has 1 aromatic carbocycles. The first kappa shape index (κ1) is 21.5. The van der Waals surface area contributed by atoms with Crippen molar-refractivity contribution in [2.75, 3.05) is 20.1 Å². The third kappa shape index (κ3) is 4.79. The lowest BCUT2D eigenvalue weighted by molar-refractivity contribution is -0.927. The number of thiophene rings is 1. The van der Waals surface area contributed by atoms with Crippen LogP contribution in [0.2, 0.25) is 5.02 Å². The Hall–Kier alpha value is -1.69. The van der Waals surface area contributed by atoms with Gasteiger partial charge in [-0.3, -0.25) is 9.59 Å². The van der Waals surface area contributed by atoms with E-state index in [4.69, 9.17) is 17.3 Å². The lowest BCUT2D eigenvalue weighted by atomic mass is 9.96. The highest BCUT2D eigenvalue weighted by atomic mass is 35.5. The summed E-state index contributed by atoms with van der Waals surface area (Å²) in [6.07, 6.45) is 6.91. The summed E-state index contributed by atoms with van der Waals surface area (Å²) in [5, 5.41) is 0.659. The molecule has 0 saturated heterocycles. The molecule has 0 radical (unpaired) electrons. The molecule has 2 aromatic rings. The van der Waals surface area contributed by atoms with Gasteiger partial charge in [0.05, 0.1) is 30.6 Å². The topological polar surface area (TPSA) is 60.2 Å². The second-order valence-electron chi connectivity index (χ2n) is 9.27. The lowest BCUT2D eigenvalue weighted by Gasteiger charge is -2.39. The van der Waals surface area contributed by atoms with Crippen LogP contribution in [0.15, 0.2) is 24.3 Å². The monoisotopic (exact) mass is 445 g/mol. The number of nitrogens with zero attached hydrogens (tertiary/aromatic N) is 1. The smallest absolute Gasteiger partial charge is 0.250 e. The summed E-state index contributed by atoms with van der Waals surface area (Å²) in [5.41, 5.74) is 8.42. The number of hydrogen-bond donors (Lipinski definition) is 1. The predicted octanol–water partition coefficient (Wildman–Crippen LogP) is 4.55. The van der Waals surface area contributed by atoms with Gasteiger partial charge in [0.15, 0.2) is 0 Å². The van der Waals surface area contributed by atoms with Crippen molar-refractivity contribution in [3.63, 3.8) is 0 Å². The number of benzene rings is 1. The Labute approximate surface area is 187 Å². The van der Waals surface area contributed by atoms with Crippen molar-refractivity contribution in [1.29, 1.82) is 0 Å². The van der Waals surface area contributed by atoms with Gasteiger partial charge in [-0.05, 0) is 36.1 Å². The zero-order chi connectivity index (χ0) is 21.3. The van der Waals surface area contributed by atoms with Crippen molar-refractivity contribution < 1.29 is 14.1 Å². The van der Waals surface area contributed by atoms with Crippen LogP contribution in [-0.4, -0.2) is 36.3 Å². The van der Waals surface area contributed by atoms with E-state index in [1.807, 2.05) is 12.1 Å². The molecule has 1 amide bonds. The standard InChI is InChI=1S/C24H29ClN2O2S/c1-27(14-17-4-2-3-5-17)11-10-20-22(15-27)30-21(23(20)24(26)29)13-19(28)12-16-6-8-18(25)9-7-16/h6-9,17H,2-5,10-15H2,1H3,(H-,26,29)/p+1. The molecule has 160 valence electrons. The van der Waals surface area contributed by atoms with E-state index in [0.29, 0.717) is 17.0 Å². The first-order valence-corrected chi connectivity index (χ1v) is 12.1. The van der Waals surface area contributed by atoms with E-state index in [1.54, 1.807) is 23.5 Å². The highest BCUT2D eigenvalue weighted by Crippen LogP contribution is 2.37. The van der Waals surface area contributed by atoms with Crippen LogP contribution in [0.5, 0.6) is 0 Å². The SMILES string of the molecule is C[N+]1(CC2CCCC2)CCc2c(sc(CC(=O)Cc3ccc(Cl)cc3)c2C(N)=O)C1. The van der Waals surface area contributed by atoms with Gasteiger partial charge in [-0.15, -0.1) is 11.3 Å². The zero-order valence-electron chi connectivity index (χ0n) is 17.6. The normalized spacial score (nSPS) is 21.5. The van der Waals surface area contributed by atoms with E-state index in [0.717, 1.165) is 45.9 Å². The van der Waals surface area contributed by atoms with Gasteiger partial charge < -0.3 is 10.2 Å². The van der Waals surface area contributed by atoms with Crippen molar-refractivity contribution in [1.82, 2.24) is 0 Å². The number of likely N-dealkylation sites (N-methyl/N-ethyl adjacent to an activating group) is 1. The first-order chi connectivity index (χ1) is 14.3. The fourth-order valence-corrected chi connectivity index (χ4v) is 6.91. The van der Waals surface area contributed by atoms with E-state index in [-0.39, 0.29) is 12.2 Å². The van der Waals surface area contributed by atoms with Crippen LogP contribution in [0.4, 0.5) is 0 Å². The van der Waals surface area contributed by atoms with Crippen LogP contribution in [0.3, 0.4) is 0 Å². The molecule has 30 heavy (non-hydrogen) atoms. The number of hydrogen-bond acceptors (Lipinski definition) is 3. The summed E-state index contributed by atoms with van der Waals surface area (Å²) in [6.45, 7) is 3.20. The summed E-state index contributed by atoms with van der Waals surface area (Å²) >= 11 is 7.57. The third-order valence-corrected chi connectivity index (χ3v) is 8.15. The van der Waals surface area contributed by atoms with E-state index in [1.165, 1.54) is 37.1 Å². The second-order valence-corrected chi connectivity index (χ2v) is 10.9. The van der Waals surface area contributed by atoms with E-state index in [2.05, 4.69) is 7.05 Å². The second kappa shape index (κ2) is 8.81. The van der Waals surface area contributed by atoms with Crippen molar-refractivity contribution in [2.45, 2.75) is 51.5 Å². The molecule has 2 aliphatic rings. The molecule has 2 heterocycles. The Kier molecular flexibility index (Phi) is 6.33. The Balaban J connectivity index is 1.51. The number of fused-ring (bicyclic) bond motifs is 1. The van der Waals surface area contributed by atoms with Crippen molar-refractivity contribution in [2.24, 2.45) is 11.7 Å². The zero-order valence-corrected chi connectivity index (χ0v) is 19.2. The molecule has 0 bridgehead atoms. The number of Topliss-reactive ketones (excluding diaryl/α,β-unsaturated/α-hetero) is 1. The molecule has 0 spiro atoms. The average molecular weight is 446 g/mol. The number of quaternary nitrogens is 1. The van der Waals surface area contributed by atoms with Gasteiger partial charge in [0.1, 0.15) is 12.3 Å². The number of primary amides is 1. The number of ketones is 1. The number of halogens is 1. The van der Waals surface area contributed by atoms with Gasteiger partial charge >= 0.3 is 0 Å². The summed E-state index contributed by atoms with van der Waals surface area (Å²) in [7, 11) is 2.34. The molecule has 6 heteroatoms. The molecule has 1 aliphatic heterocycles. The van der Waals surface area contributed by atoms with Crippen LogP contribution in [0.25, 0.3) is 0 Å². The fraction of sp³-hybridized carbons (Fsp3) is 0.500. The Morgan fingerprint density at radius 1 is 1.17 bits per heavy atom. The molecule has 1 fully saturated rings. The maximum atomic E-state index is 12.7. The van der Waals surface area contributed by atoms with Gasteiger partial charge in [0, 0.05) is 35.1 Å². The minimum absolute atomic E-state index is 0.0987. The number of carbonyl (C=O) groups is 2. The van der Waals surface area contributed by atoms with Gasteiger partial charge in [0.25, 0.3) is 0 Å². The molecule has 1 aromatic heterocycles. The molecular weight excluding hydrogens is 416 g/mol. The summed E-state index contributed by atoms with van der Waals surface area (Å²) in [4.78, 5) is 27.1. The van der Waals surface area contributed by atoms with Gasteiger partial charge in [-0.1, -0.05) is 36.6 Å². The number of rotatable bonds is 7. The maximum Gasteiger partial charge on any atom is 0.250 e. The molecule has 4 nitrogen and oxygen atoms in total. The van der Waals surface area contributed by atoms with E-state index >= 15 is 0 Å². The van der Waals surface area contributed by atoms with Gasteiger partial charge in [0.2, 0.25) is 5.91 Å². The molecule has 2 N–H and O–H groups in total. The quantitative estimate of drug-likeness (QED) is 0.635. The number of carbonyl (C=O) groups excluding carboxylic acids is 2. The molecule has 4 rings (SSSR count). The maximum absolute atomic E-state index is 12.7. The Morgan fingerprint density at radius 2 is 1.87 bits per heavy atom. The van der Waals surface area contributed by atoms with Crippen LogP contribution in [0.1, 0.15) is 56.9 Å². The minimum Gasteiger partial charge on any atom is -0.366 e. The Bertz CT molecular complexity index is 947. The van der Waals surface area contributed by atoms with Crippen LogP contribution < -0.4 is 5.73 Å². The van der Waals surface area contributed by atoms with Gasteiger partial charge in [-0.25, -0.2) is 0 Å². The van der Waals surface area contributed by atoms with Crippen molar-refractivity contribution in [3.05, 3.63) is 55.7 Å². The first-order valence-electron chi connectivity index (χ1n) is 10.9. The summed E-state index contributed by atoms with van der Waals surface area (Å²) < 4.78 is 1.04. The highest BCUT2D eigenvalue weighted by molar-refractivity contribution is 7.12. The predicted molar refractivity (Wildman–Crippen MR) is 122 cm³/mol. The lowest BCUT2D eigenvalue weighted by Crippen LogP contribution is -2.49. The molecular formula is C24H30ClN2O2S+. The van der Waals surface area contributed by atoms with E-state index in [9.17, 15) is 9.59 Å². The highest BCUT2D eigenvalue weighted by Gasteiger charge is 2.36. The molecule has 1 saturated carbocycles. The largest absolute Gasteiger partial charge is 0.366 e. The molecule has 1 unspecified atom stereocenters. The fourth-order valence-electron chi connectivity index (χ4n) is 5.22. The van der Waals surface area contributed by atoms with Crippen LogP contribution in [0, 0.1) is 5.92 Å². The van der Waals surface area contributed by atoms with Crippen LogP contribution in [-0.2, 0) is 30.6 Å². The summed E-state index contributed by atoms with van der Waals surface area (Å²) in [6, 6.07) is 7.35. The number of amides is 1. The third-order valence-electron chi connectivity index (χ3n) is 6.68. The minimum atomic E-state index is -0.395. The summed E-state index contributed by atoms with van der Waals surface area (Å²) in [5.74, 6) is 0.530. The van der Waals surface area contributed by atoms with Gasteiger partial charge in [-0.2, -0.15) is 0 Å². The van der Waals surface area contributed by atoms with Crippen molar-refractivity contribution >= 4 is 34.6 Å². The van der Waals surface area contributed by atoms with Crippen LogP contribution >= 0.6 is 22.9 Å². The average Bonchev–Trinajstić information content (AvgIpc) is 3.30. The molecule has 1 atom stereocenters. The van der Waals surface area contributed by atoms with Crippen molar-refractivity contribution in [3.8, 4) is 0 Å².